The number of fused-ring (bicyclic) bond motifs is 4. The van der Waals surface area contributed by atoms with Gasteiger partial charge in [0, 0.05) is 23.6 Å². The van der Waals surface area contributed by atoms with Crippen molar-refractivity contribution in [3.05, 3.63) is 107 Å². The predicted octanol–water partition coefficient (Wildman–Crippen LogP) is 5.69. The minimum Gasteiger partial charge on any atom is -0.486 e. The fourth-order valence-corrected chi connectivity index (χ4v) is 4.85. The van der Waals surface area contributed by atoms with Crippen molar-refractivity contribution >= 4 is 11.7 Å². The van der Waals surface area contributed by atoms with E-state index in [1.54, 1.807) is 0 Å². The lowest BCUT2D eigenvalue weighted by atomic mass is 10.00. The molecule has 170 valence electrons. The Balaban J connectivity index is 1.43. The van der Waals surface area contributed by atoms with Crippen molar-refractivity contribution in [2.24, 2.45) is 0 Å². The number of rotatable bonds is 2. The number of benzene rings is 3. The number of urea groups is 1. The smallest absolute Gasteiger partial charge is 0.322 e. The Morgan fingerprint density at radius 3 is 2.65 bits per heavy atom. The molecular weight excluding hydrogens is 426 g/mol. The highest BCUT2D eigenvalue weighted by molar-refractivity contribution is 5.90. The third-order valence-corrected chi connectivity index (χ3v) is 6.38. The van der Waals surface area contributed by atoms with Crippen LogP contribution >= 0.6 is 0 Å². The molecule has 34 heavy (non-hydrogen) atoms. The average Bonchev–Trinajstić information content (AvgIpc) is 3.28. The summed E-state index contributed by atoms with van der Waals surface area (Å²) in [6, 6.07) is 25.8. The maximum absolute atomic E-state index is 13.8. The topological polar surface area (TPSA) is 55.7 Å². The van der Waals surface area contributed by atoms with Crippen molar-refractivity contribution < 1.29 is 14.3 Å². The van der Waals surface area contributed by atoms with Gasteiger partial charge in [-0.3, -0.25) is 0 Å². The third kappa shape index (κ3) is 3.57. The predicted molar refractivity (Wildman–Crippen MR) is 131 cm³/mol. The first-order valence-corrected chi connectivity index (χ1v) is 11.5. The van der Waals surface area contributed by atoms with Gasteiger partial charge in [-0.2, -0.15) is 0 Å². The number of ether oxygens (including phenoxy) is 2. The normalized spacial score (nSPS) is 16.3. The van der Waals surface area contributed by atoms with Crippen LogP contribution in [0.2, 0.25) is 0 Å². The molecule has 2 amide bonds. The molecule has 0 saturated heterocycles. The standard InChI is InChI=1S/C28H25N3O3/c1-19-6-4-8-20(16-19)27-24-10-5-13-30(24)23-9-3-2-7-21(23)18-31(27)28(32)29-22-11-12-25-26(17-22)34-15-14-33-25/h2-13,16-17,27H,14-15,18H2,1H3,(H,29,32). The molecule has 0 aliphatic carbocycles. The largest absolute Gasteiger partial charge is 0.486 e. The molecule has 6 heteroatoms. The zero-order valence-electron chi connectivity index (χ0n) is 18.9. The maximum Gasteiger partial charge on any atom is 0.322 e. The van der Waals surface area contributed by atoms with Crippen LogP contribution in [0.1, 0.15) is 28.4 Å². The fraction of sp³-hybridized carbons (Fsp3) is 0.179. The van der Waals surface area contributed by atoms with Gasteiger partial charge in [0.1, 0.15) is 13.2 Å². The van der Waals surface area contributed by atoms with Crippen LogP contribution in [0.4, 0.5) is 10.5 Å². The van der Waals surface area contributed by atoms with Gasteiger partial charge in [0.2, 0.25) is 0 Å². The molecule has 6 rings (SSSR count). The number of nitrogens with one attached hydrogen (secondary N) is 1. The van der Waals surface area contributed by atoms with Crippen molar-refractivity contribution in [3.8, 4) is 17.2 Å². The van der Waals surface area contributed by atoms with Crippen LogP contribution in [0, 0.1) is 6.92 Å². The van der Waals surface area contributed by atoms with Crippen molar-refractivity contribution in [3.63, 3.8) is 0 Å². The molecule has 3 heterocycles. The van der Waals surface area contributed by atoms with Crippen LogP contribution in [-0.2, 0) is 6.54 Å². The summed E-state index contributed by atoms with van der Waals surface area (Å²) < 4.78 is 13.5. The summed E-state index contributed by atoms with van der Waals surface area (Å²) in [5, 5.41) is 3.10. The molecule has 1 aromatic heterocycles. The number of carbonyl (C=O) groups excluding carboxylic acids is 1. The van der Waals surface area contributed by atoms with Crippen molar-refractivity contribution in [1.82, 2.24) is 9.47 Å². The molecular formula is C28H25N3O3. The molecule has 1 atom stereocenters. The van der Waals surface area contributed by atoms with Gasteiger partial charge in [-0.1, -0.05) is 48.0 Å². The lowest BCUT2D eigenvalue weighted by molar-refractivity contribution is 0.171. The Morgan fingerprint density at radius 2 is 1.76 bits per heavy atom. The zero-order valence-corrected chi connectivity index (χ0v) is 18.9. The third-order valence-electron chi connectivity index (χ3n) is 6.38. The summed E-state index contributed by atoms with van der Waals surface area (Å²) in [5.41, 5.74) is 6.13. The van der Waals surface area contributed by atoms with Crippen LogP contribution in [0.5, 0.6) is 11.5 Å². The minimum absolute atomic E-state index is 0.173. The molecule has 1 N–H and O–H groups in total. The van der Waals surface area contributed by atoms with Crippen LogP contribution in [-0.4, -0.2) is 28.7 Å². The average molecular weight is 452 g/mol. The molecule has 6 nitrogen and oxygen atoms in total. The number of carbonyl (C=O) groups is 1. The van der Waals surface area contributed by atoms with Crippen LogP contribution in [0.3, 0.4) is 0 Å². The summed E-state index contributed by atoms with van der Waals surface area (Å²) in [7, 11) is 0. The van der Waals surface area contributed by atoms with Crippen LogP contribution < -0.4 is 14.8 Å². The van der Waals surface area contributed by atoms with E-state index in [4.69, 9.17) is 9.47 Å². The Kier molecular flexibility index (Phi) is 4.99. The number of amides is 2. The fourth-order valence-electron chi connectivity index (χ4n) is 4.85. The Bertz CT molecular complexity index is 1380. The van der Waals surface area contributed by atoms with Crippen LogP contribution in [0.25, 0.3) is 5.69 Å². The highest BCUT2D eigenvalue weighted by atomic mass is 16.6. The molecule has 0 saturated carbocycles. The first kappa shape index (κ1) is 20.4. The van der Waals surface area contributed by atoms with Crippen LogP contribution in [0.15, 0.2) is 85.1 Å². The summed E-state index contributed by atoms with van der Waals surface area (Å²) in [5.74, 6) is 1.35. The zero-order chi connectivity index (χ0) is 23.1. The number of hydrogen-bond donors (Lipinski definition) is 1. The number of para-hydroxylation sites is 1. The van der Waals surface area contributed by atoms with E-state index in [9.17, 15) is 4.79 Å². The second kappa shape index (κ2) is 8.30. The van der Waals surface area contributed by atoms with Gasteiger partial charge < -0.3 is 24.3 Å². The monoisotopic (exact) mass is 451 g/mol. The van der Waals surface area contributed by atoms with E-state index in [1.165, 1.54) is 0 Å². The van der Waals surface area contributed by atoms with Gasteiger partial charge in [-0.05, 0) is 48.4 Å². The molecule has 2 aliphatic rings. The lowest BCUT2D eigenvalue weighted by Gasteiger charge is -2.31. The maximum atomic E-state index is 13.8. The van der Waals surface area contributed by atoms with E-state index in [2.05, 4.69) is 59.4 Å². The number of aromatic nitrogens is 1. The van der Waals surface area contributed by atoms with E-state index in [0.717, 1.165) is 28.1 Å². The van der Waals surface area contributed by atoms with E-state index < -0.39 is 0 Å². The van der Waals surface area contributed by atoms with E-state index in [-0.39, 0.29) is 12.1 Å². The van der Waals surface area contributed by atoms with Crippen molar-refractivity contribution in [1.29, 1.82) is 0 Å². The van der Waals surface area contributed by atoms with E-state index in [1.807, 2.05) is 47.4 Å². The number of anilines is 1. The Labute approximate surface area is 198 Å². The van der Waals surface area contributed by atoms with Crippen molar-refractivity contribution in [2.75, 3.05) is 18.5 Å². The Hall–Kier alpha value is -4.19. The van der Waals surface area contributed by atoms with Gasteiger partial charge in [-0.25, -0.2) is 4.79 Å². The van der Waals surface area contributed by atoms with Gasteiger partial charge >= 0.3 is 6.03 Å². The Morgan fingerprint density at radius 1 is 0.912 bits per heavy atom. The number of hydrogen-bond acceptors (Lipinski definition) is 3. The summed E-state index contributed by atoms with van der Waals surface area (Å²) in [6.07, 6.45) is 2.07. The first-order chi connectivity index (χ1) is 16.7. The van der Waals surface area contributed by atoms with Crippen molar-refractivity contribution in [2.45, 2.75) is 19.5 Å². The second-order valence-corrected chi connectivity index (χ2v) is 8.66. The highest BCUT2D eigenvalue weighted by Gasteiger charge is 2.33. The SMILES string of the molecule is Cc1cccc(C2c3cccn3-c3ccccc3CN2C(=O)Nc2ccc3c(c2)OCCO3)c1. The molecule has 0 radical (unpaired) electrons. The minimum atomic E-state index is -0.250. The van der Waals surface area contributed by atoms with E-state index in [0.29, 0.717) is 36.9 Å². The highest BCUT2D eigenvalue weighted by Crippen LogP contribution is 2.38. The lowest BCUT2D eigenvalue weighted by Crippen LogP contribution is -2.38. The van der Waals surface area contributed by atoms with Gasteiger partial charge in [0.05, 0.1) is 18.3 Å². The van der Waals surface area contributed by atoms with E-state index >= 15 is 0 Å². The molecule has 0 bridgehead atoms. The number of aryl methyl sites for hydroxylation is 1. The quantitative estimate of drug-likeness (QED) is 0.426. The number of nitrogens with zero attached hydrogens (tertiary/aromatic N) is 2. The van der Waals surface area contributed by atoms with Gasteiger partial charge in [0.25, 0.3) is 0 Å². The van der Waals surface area contributed by atoms with Gasteiger partial charge in [0.15, 0.2) is 11.5 Å². The molecule has 3 aromatic carbocycles. The summed E-state index contributed by atoms with van der Waals surface area (Å²) in [4.78, 5) is 15.7. The first-order valence-electron chi connectivity index (χ1n) is 11.5. The summed E-state index contributed by atoms with van der Waals surface area (Å²) in [6.45, 7) is 3.59. The molecule has 4 aromatic rings. The van der Waals surface area contributed by atoms with Gasteiger partial charge in [-0.15, -0.1) is 0 Å². The second-order valence-electron chi connectivity index (χ2n) is 8.66. The molecule has 2 aliphatic heterocycles. The molecule has 1 unspecified atom stereocenters. The summed E-state index contributed by atoms with van der Waals surface area (Å²) >= 11 is 0. The molecule has 0 fully saturated rings. The molecule has 0 spiro atoms.